The molecule has 2 unspecified atom stereocenters. The van der Waals surface area contributed by atoms with Gasteiger partial charge in [-0.2, -0.15) is 0 Å². The summed E-state index contributed by atoms with van der Waals surface area (Å²) in [5.41, 5.74) is 8.06. The van der Waals surface area contributed by atoms with Crippen molar-refractivity contribution in [2.24, 2.45) is 5.73 Å². The number of carbonyl (C=O) groups excluding carboxylic acids is 4. The number of amides is 4. The number of hydrogen-bond acceptors (Lipinski definition) is 5. The summed E-state index contributed by atoms with van der Waals surface area (Å²) in [5.74, 6) is -1.39. The van der Waals surface area contributed by atoms with Crippen LogP contribution >= 0.6 is 0 Å². The summed E-state index contributed by atoms with van der Waals surface area (Å²) in [6.45, 7) is 11.7. The molecule has 0 aliphatic heterocycles. The Morgan fingerprint density at radius 2 is 1.53 bits per heavy atom. The molecule has 4 N–H and O–H groups in total. The molecule has 2 aromatic carbocycles. The molecular weight excluding hydrogens is 544 g/mol. The van der Waals surface area contributed by atoms with Gasteiger partial charge in [-0.1, -0.05) is 81.1 Å². The van der Waals surface area contributed by atoms with Gasteiger partial charge in [-0.25, -0.2) is 4.79 Å². The van der Waals surface area contributed by atoms with Gasteiger partial charge in [-0.3, -0.25) is 14.4 Å². The van der Waals surface area contributed by atoms with Gasteiger partial charge in [0.1, 0.15) is 17.7 Å². The molecule has 0 saturated heterocycles. The van der Waals surface area contributed by atoms with Crippen LogP contribution in [-0.4, -0.2) is 46.9 Å². The number of nitrogens with two attached hydrogens (primary N) is 1. The van der Waals surface area contributed by atoms with Crippen LogP contribution in [0, 0.1) is 13.8 Å². The fourth-order valence-electron chi connectivity index (χ4n) is 5.02. The summed E-state index contributed by atoms with van der Waals surface area (Å²) in [5, 5.41) is 5.70. The average Bonchev–Trinajstić information content (AvgIpc) is 2.93. The highest BCUT2D eigenvalue weighted by atomic mass is 16.6. The lowest BCUT2D eigenvalue weighted by molar-refractivity contribution is -0.143. The van der Waals surface area contributed by atoms with Crippen molar-refractivity contribution in [3.63, 3.8) is 0 Å². The van der Waals surface area contributed by atoms with Crippen LogP contribution in [-0.2, 0) is 25.7 Å². The summed E-state index contributed by atoms with van der Waals surface area (Å²) in [4.78, 5) is 54.6. The molecule has 4 amide bonds. The van der Waals surface area contributed by atoms with Crippen molar-refractivity contribution in [1.29, 1.82) is 0 Å². The number of ether oxygens (including phenoxy) is 1. The third kappa shape index (κ3) is 12.1. The number of rotatable bonds is 16. The van der Waals surface area contributed by atoms with E-state index < -0.39 is 35.6 Å². The highest BCUT2D eigenvalue weighted by Crippen LogP contribution is 2.30. The fraction of sp³-hybridized carbons (Fsp3) is 0.529. The zero-order valence-electron chi connectivity index (χ0n) is 26.7. The van der Waals surface area contributed by atoms with Crippen LogP contribution in [0.25, 0.3) is 0 Å². The topological polar surface area (TPSA) is 131 Å². The number of aryl methyl sites for hydroxylation is 2. The van der Waals surface area contributed by atoms with E-state index >= 15 is 0 Å². The first-order chi connectivity index (χ1) is 20.3. The van der Waals surface area contributed by atoms with Crippen molar-refractivity contribution in [2.75, 3.05) is 6.54 Å². The van der Waals surface area contributed by atoms with Crippen LogP contribution < -0.4 is 16.4 Å². The van der Waals surface area contributed by atoms with E-state index in [2.05, 4.69) is 17.6 Å². The van der Waals surface area contributed by atoms with Crippen molar-refractivity contribution >= 4 is 23.8 Å². The maximum Gasteiger partial charge on any atom is 0.408 e. The van der Waals surface area contributed by atoms with Crippen molar-refractivity contribution in [2.45, 2.75) is 111 Å². The maximum absolute atomic E-state index is 14.4. The number of primary amides is 1. The molecule has 2 atom stereocenters. The lowest BCUT2D eigenvalue weighted by Crippen LogP contribution is -2.53. The Kier molecular flexibility index (Phi) is 14.2. The molecule has 0 aliphatic carbocycles. The van der Waals surface area contributed by atoms with Crippen molar-refractivity contribution in [3.8, 4) is 0 Å². The van der Waals surface area contributed by atoms with E-state index in [0.29, 0.717) is 19.5 Å². The second-order valence-electron chi connectivity index (χ2n) is 12.1. The van der Waals surface area contributed by atoms with Gasteiger partial charge >= 0.3 is 6.09 Å². The van der Waals surface area contributed by atoms with Gasteiger partial charge in [0.25, 0.3) is 0 Å². The number of benzene rings is 2. The minimum atomic E-state index is -1.12. The third-order valence-corrected chi connectivity index (χ3v) is 7.14. The Bertz CT molecular complexity index is 1190. The number of hydrogen-bond donors (Lipinski definition) is 3. The largest absolute Gasteiger partial charge is 0.444 e. The highest BCUT2D eigenvalue weighted by Gasteiger charge is 2.37. The summed E-state index contributed by atoms with van der Waals surface area (Å²) in [7, 11) is 0. The molecule has 0 bridgehead atoms. The summed E-state index contributed by atoms with van der Waals surface area (Å²) in [6, 6.07) is 13.3. The Balaban J connectivity index is 2.55. The second kappa shape index (κ2) is 17.3. The van der Waals surface area contributed by atoms with Crippen molar-refractivity contribution < 1.29 is 23.9 Å². The number of alkyl carbamates (subject to hydrolysis) is 1. The first kappa shape index (κ1) is 35.3. The Morgan fingerprint density at radius 1 is 0.907 bits per heavy atom. The summed E-state index contributed by atoms with van der Waals surface area (Å²) >= 11 is 0. The molecule has 236 valence electrons. The van der Waals surface area contributed by atoms with Gasteiger partial charge < -0.3 is 26.0 Å². The number of nitrogens with one attached hydrogen (secondary N) is 2. The van der Waals surface area contributed by atoms with E-state index in [1.165, 1.54) is 0 Å². The van der Waals surface area contributed by atoms with E-state index in [0.717, 1.165) is 47.9 Å². The van der Waals surface area contributed by atoms with E-state index in [-0.39, 0.29) is 18.7 Å². The fourth-order valence-corrected chi connectivity index (χ4v) is 5.02. The summed E-state index contributed by atoms with van der Waals surface area (Å²) < 4.78 is 5.43. The molecule has 43 heavy (non-hydrogen) atoms. The average molecular weight is 595 g/mol. The molecule has 0 aliphatic rings. The van der Waals surface area contributed by atoms with Crippen LogP contribution in [0.1, 0.15) is 101 Å². The van der Waals surface area contributed by atoms with Gasteiger partial charge in [0.2, 0.25) is 17.7 Å². The molecule has 0 spiro atoms. The molecular formula is C34H50N4O5. The predicted octanol–water partition coefficient (Wildman–Crippen LogP) is 5.62. The van der Waals surface area contributed by atoms with Gasteiger partial charge in [-0.05, 0) is 69.7 Å². The monoisotopic (exact) mass is 594 g/mol. The van der Waals surface area contributed by atoms with Crippen LogP contribution in [0.5, 0.6) is 0 Å². The zero-order valence-corrected chi connectivity index (χ0v) is 26.7. The smallest absolute Gasteiger partial charge is 0.408 e. The van der Waals surface area contributed by atoms with Gasteiger partial charge in [0.05, 0.1) is 0 Å². The highest BCUT2D eigenvalue weighted by molar-refractivity contribution is 5.93. The Morgan fingerprint density at radius 3 is 2.12 bits per heavy atom. The van der Waals surface area contributed by atoms with Gasteiger partial charge in [-0.15, -0.1) is 0 Å². The van der Waals surface area contributed by atoms with Crippen LogP contribution in [0.15, 0.2) is 48.5 Å². The van der Waals surface area contributed by atoms with E-state index in [9.17, 15) is 19.2 Å². The quantitative estimate of drug-likeness (QED) is 0.217. The zero-order chi connectivity index (χ0) is 32.0. The molecule has 0 saturated carbocycles. The van der Waals surface area contributed by atoms with Crippen LogP contribution in [0.3, 0.4) is 0 Å². The Labute approximate surface area is 256 Å². The Hall–Kier alpha value is -3.88. The van der Waals surface area contributed by atoms with E-state index in [1.807, 2.05) is 62.4 Å². The SMILES string of the molecule is CCCCCCCN(C(=O)C(CCC(N)=O)NC(=O)OC(C)(C)C)C(C(=O)NCc1ccccc1)c1c(C)cccc1C. The number of carbonyl (C=O) groups is 4. The molecule has 2 aromatic rings. The molecule has 0 aromatic heterocycles. The van der Waals surface area contributed by atoms with Crippen molar-refractivity contribution in [3.05, 3.63) is 70.8 Å². The molecule has 0 fully saturated rings. The molecule has 9 heteroatoms. The predicted molar refractivity (Wildman–Crippen MR) is 169 cm³/mol. The third-order valence-electron chi connectivity index (χ3n) is 7.14. The van der Waals surface area contributed by atoms with E-state index in [4.69, 9.17) is 10.5 Å². The van der Waals surface area contributed by atoms with E-state index in [1.54, 1.807) is 25.7 Å². The minimum Gasteiger partial charge on any atom is -0.444 e. The molecule has 0 heterocycles. The standard InChI is InChI=1S/C34H50N4O5/c1-7-8-9-10-14-22-38(32(41)27(20-21-28(35)39)37-33(42)43-34(4,5)6)30(29-24(2)16-15-17-25(29)3)31(40)36-23-26-18-12-11-13-19-26/h11-13,15-19,27,30H,7-10,14,20-23H2,1-6H3,(H2,35,39)(H,36,40)(H,37,42). The lowest BCUT2D eigenvalue weighted by atomic mass is 9.93. The van der Waals surface area contributed by atoms with Gasteiger partial charge in [0.15, 0.2) is 0 Å². The molecule has 2 rings (SSSR count). The number of nitrogens with zero attached hydrogens (tertiary/aromatic N) is 1. The summed E-state index contributed by atoms with van der Waals surface area (Å²) in [6.07, 6.45) is 3.79. The lowest BCUT2D eigenvalue weighted by Gasteiger charge is -2.36. The van der Waals surface area contributed by atoms with Gasteiger partial charge in [0, 0.05) is 19.5 Å². The number of unbranched alkanes of at least 4 members (excludes halogenated alkanes) is 4. The first-order valence-corrected chi connectivity index (χ1v) is 15.3. The first-order valence-electron chi connectivity index (χ1n) is 15.3. The van der Waals surface area contributed by atoms with Crippen molar-refractivity contribution in [1.82, 2.24) is 15.5 Å². The maximum atomic E-state index is 14.4. The molecule has 9 nitrogen and oxygen atoms in total. The normalized spacial score (nSPS) is 12.6. The second-order valence-corrected chi connectivity index (χ2v) is 12.1. The van der Waals surface area contributed by atoms with Crippen LogP contribution in [0.4, 0.5) is 4.79 Å². The minimum absolute atomic E-state index is 0.0230. The van der Waals surface area contributed by atoms with Crippen LogP contribution in [0.2, 0.25) is 0 Å². The molecule has 0 radical (unpaired) electrons.